The molecule has 0 aromatic carbocycles. The number of anilines is 1. The Kier molecular flexibility index (Phi) is 7.17. The number of halogens is 3. The number of hydrogen-bond acceptors (Lipinski definition) is 3. The fourth-order valence-electron chi connectivity index (χ4n) is 2.08. The lowest BCUT2D eigenvalue weighted by Gasteiger charge is -2.26. The van der Waals surface area contributed by atoms with Gasteiger partial charge in [-0.15, -0.1) is 24.8 Å². The van der Waals surface area contributed by atoms with Gasteiger partial charge in [-0.2, -0.15) is 0 Å². The van der Waals surface area contributed by atoms with Crippen molar-refractivity contribution >= 4 is 42.1 Å². The molecule has 3 nitrogen and oxygen atoms in total. The third kappa shape index (κ3) is 3.62. The molecule has 1 aromatic rings. The first-order valence-corrected chi connectivity index (χ1v) is 5.66. The van der Waals surface area contributed by atoms with E-state index in [1.54, 1.807) is 0 Å². The number of aromatic nitrogens is 1. The molecule has 1 unspecified atom stereocenters. The van der Waals surface area contributed by atoms with E-state index in [0.29, 0.717) is 11.3 Å². The van der Waals surface area contributed by atoms with Crippen molar-refractivity contribution < 1.29 is 0 Å². The van der Waals surface area contributed by atoms with Gasteiger partial charge in [-0.25, -0.2) is 4.98 Å². The summed E-state index contributed by atoms with van der Waals surface area (Å²) in [6.45, 7) is 3.08. The van der Waals surface area contributed by atoms with E-state index in [1.165, 1.54) is 12.8 Å². The quantitative estimate of drug-likeness (QED) is 0.851. The summed E-state index contributed by atoms with van der Waals surface area (Å²) in [5.74, 6) is 0. The molecule has 17 heavy (non-hydrogen) atoms. The highest BCUT2D eigenvalue weighted by Crippen LogP contribution is 2.25. The lowest BCUT2D eigenvalue weighted by molar-refractivity contribution is 0.582. The van der Waals surface area contributed by atoms with E-state index >= 15 is 0 Å². The molecule has 2 rings (SSSR count). The Morgan fingerprint density at radius 3 is 2.76 bits per heavy atom. The second kappa shape index (κ2) is 7.27. The molecule has 6 heteroatoms. The van der Waals surface area contributed by atoms with Crippen LogP contribution in [-0.2, 0) is 0 Å². The minimum Gasteiger partial charge on any atom is -0.355 e. The number of aryl methyl sites for hydroxylation is 1. The van der Waals surface area contributed by atoms with E-state index in [2.05, 4.69) is 21.3 Å². The lowest BCUT2D eigenvalue weighted by atomic mass is 10.2. The summed E-state index contributed by atoms with van der Waals surface area (Å²) in [7, 11) is 2.00. The second-order valence-corrected chi connectivity index (χ2v) is 4.30. The fraction of sp³-hybridized carbons (Fsp3) is 0.545. The Morgan fingerprint density at radius 2 is 2.18 bits per heavy atom. The van der Waals surface area contributed by atoms with Crippen LogP contribution in [0.2, 0.25) is 5.15 Å². The predicted molar refractivity (Wildman–Crippen MR) is 77.9 cm³/mol. The number of nitrogens with one attached hydrogen (secondary N) is 1. The smallest absolute Gasteiger partial charge is 0.132 e. The van der Waals surface area contributed by atoms with Crippen LogP contribution in [0.25, 0.3) is 0 Å². The van der Waals surface area contributed by atoms with Gasteiger partial charge in [-0.3, -0.25) is 0 Å². The molecule has 1 saturated heterocycles. The van der Waals surface area contributed by atoms with Crippen LogP contribution in [0.4, 0.5) is 5.69 Å². The van der Waals surface area contributed by atoms with Gasteiger partial charge in [0.2, 0.25) is 0 Å². The van der Waals surface area contributed by atoms with Gasteiger partial charge in [0.15, 0.2) is 0 Å². The van der Waals surface area contributed by atoms with Gasteiger partial charge in [0.25, 0.3) is 0 Å². The van der Waals surface area contributed by atoms with Gasteiger partial charge >= 0.3 is 0 Å². The largest absolute Gasteiger partial charge is 0.355 e. The monoisotopic (exact) mass is 297 g/mol. The van der Waals surface area contributed by atoms with Gasteiger partial charge in [-0.05, 0) is 38.4 Å². The predicted octanol–water partition coefficient (Wildman–Crippen LogP) is 3.03. The molecule has 1 aliphatic heterocycles. The Hall–Kier alpha value is -0.220. The van der Waals surface area contributed by atoms with E-state index < -0.39 is 0 Å². The standard InChI is InChI=1S/C11H16ClN3.2ClH/c1-8-6-9(7-14-11(8)12)15-5-3-4-10(15)13-2;;/h6-7,10,13H,3-5H2,1-2H3;2*1H. The Labute approximate surface area is 120 Å². The number of pyridine rings is 1. The molecule has 98 valence electrons. The van der Waals surface area contributed by atoms with Crippen LogP contribution < -0.4 is 10.2 Å². The molecular formula is C11H18Cl3N3. The molecule has 0 aliphatic carbocycles. The normalized spacial score (nSPS) is 18.5. The minimum atomic E-state index is 0. The van der Waals surface area contributed by atoms with E-state index in [-0.39, 0.29) is 24.8 Å². The molecule has 0 saturated carbocycles. The highest BCUT2D eigenvalue weighted by Gasteiger charge is 2.23. The molecule has 1 N–H and O–H groups in total. The highest BCUT2D eigenvalue weighted by molar-refractivity contribution is 6.30. The van der Waals surface area contributed by atoms with E-state index in [4.69, 9.17) is 11.6 Å². The van der Waals surface area contributed by atoms with Crippen LogP contribution in [0.5, 0.6) is 0 Å². The summed E-state index contributed by atoms with van der Waals surface area (Å²) < 4.78 is 0. The first kappa shape index (κ1) is 16.8. The first-order chi connectivity index (χ1) is 7.22. The second-order valence-electron chi connectivity index (χ2n) is 3.94. The number of hydrogen-bond donors (Lipinski definition) is 1. The third-order valence-corrected chi connectivity index (χ3v) is 3.31. The van der Waals surface area contributed by atoms with Crippen molar-refractivity contribution in [3.05, 3.63) is 23.0 Å². The van der Waals surface area contributed by atoms with Crippen molar-refractivity contribution in [3.63, 3.8) is 0 Å². The molecule has 0 bridgehead atoms. The van der Waals surface area contributed by atoms with Gasteiger partial charge in [0.1, 0.15) is 5.15 Å². The first-order valence-electron chi connectivity index (χ1n) is 5.28. The average molecular weight is 299 g/mol. The van der Waals surface area contributed by atoms with Crippen LogP contribution in [-0.4, -0.2) is 24.7 Å². The van der Waals surface area contributed by atoms with Gasteiger partial charge in [0.05, 0.1) is 18.1 Å². The maximum atomic E-state index is 5.91. The molecule has 2 heterocycles. The molecule has 1 aliphatic rings. The SMILES string of the molecule is CNC1CCCN1c1cnc(Cl)c(C)c1.Cl.Cl. The number of nitrogens with zero attached hydrogens (tertiary/aromatic N) is 2. The van der Waals surface area contributed by atoms with Crippen LogP contribution in [0, 0.1) is 6.92 Å². The zero-order chi connectivity index (χ0) is 10.8. The molecule has 0 amide bonds. The van der Waals surface area contributed by atoms with Gasteiger partial charge in [-0.1, -0.05) is 11.6 Å². The van der Waals surface area contributed by atoms with Crippen molar-refractivity contribution in [2.75, 3.05) is 18.5 Å². The maximum Gasteiger partial charge on any atom is 0.132 e. The third-order valence-electron chi connectivity index (χ3n) is 2.92. The Balaban J connectivity index is 0.00000128. The van der Waals surface area contributed by atoms with E-state index in [9.17, 15) is 0 Å². The van der Waals surface area contributed by atoms with E-state index in [1.807, 2.05) is 20.2 Å². The summed E-state index contributed by atoms with van der Waals surface area (Å²) in [6.07, 6.45) is 4.71. The molecular weight excluding hydrogens is 281 g/mol. The maximum absolute atomic E-state index is 5.91. The Bertz CT molecular complexity index is 360. The van der Waals surface area contributed by atoms with Crippen LogP contribution in [0.15, 0.2) is 12.3 Å². The van der Waals surface area contributed by atoms with E-state index in [0.717, 1.165) is 17.8 Å². The van der Waals surface area contributed by atoms with Crippen LogP contribution in [0.1, 0.15) is 18.4 Å². The summed E-state index contributed by atoms with van der Waals surface area (Å²) in [6, 6.07) is 2.10. The fourth-order valence-corrected chi connectivity index (χ4v) is 2.18. The highest BCUT2D eigenvalue weighted by atomic mass is 35.5. The molecule has 0 radical (unpaired) electrons. The molecule has 1 aromatic heterocycles. The van der Waals surface area contributed by atoms with Crippen molar-refractivity contribution in [2.24, 2.45) is 0 Å². The molecule has 1 fully saturated rings. The summed E-state index contributed by atoms with van der Waals surface area (Å²) >= 11 is 5.91. The van der Waals surface area contributed by atoms with Crippen molar-refractivity contribution in [1.82, 2.24) is 10.3 Å². The van der Waals surface area contributed by atoms with Crippen LogP contribution in [0.3, 0.4) is 0 Å². The summed E-state index contributed by atoms with van der Waals surface area (Å²) in [4.78, 5) is 6.53. The van der Waals surface area contributed by atoms with Gasteiger partial charge in [0, 0.05) is 6.54 Å². The summed E-state index contributed by atoms with van der Waals surface area (Å²) in [5, 5.41) is 3.91. The van der Waals surface area contributed by atoms with Crippen molar-refractivity contribution in [3.8, 4) is 0 Å². The van der Waals surface area contributed by atoms with Crippen molar-refractivity contribution in [1.29, 1.82) is 0 Å². The zero-order valence-electron chi connectivity index (χ0n) is 9.94. The number of rotatable bonds is 2. The van der Waals surface area contributed by atoms with Crippen molar-refractivity contribution in [2.45, 2.75) is 25.9 Å². The molecule has 1 atom stereocenters. The van der Waals surface area contributed by atoms with Crippen LogP contribution >= 0.6 is 36.4 Å². The lowest BCUT2D eigenvalue weighted by Crippen LogP contribution is -2.39. The molecule has 0 spiro atoms. The topological polar surface area (TPSA) is 28.2 Å². The zero-order valence-corrected chi connectivity index (χ0v) is 12.3. The average Bonchev–Trinajstić information content (AvgIpc) is 2.70. The minimum absolute atomic E-state index is 0. The Morgan fingerprint density at radius 1 is 1.47 bits per heavy atom. The van der Waals surface area contributed by atoms with Gasteiger partial charge < -0.3 is 10.2 Å². The summed E-state index contributed by atoms with van der Waals surface area (Å²) in [5.41, 5.74) is 2.20.